The number of ketones is 1. The van der Waals surface area contributed by atoms with Crippen molar-refractivity contribution in [1.82, 2.24) is 9.97 Å². The Balaban J connectivity index is 1.38. The lowest BCUT2D eigenvalue weighted by Gasteiger charge is -2.29. The second-order valence-corrected chi connectivity index (χ2v) is 9.26. The Morgan fingerprint density at radius 3 is 2.81 bits per heavy atom. The van der Waals surface area contributed by atoms with Crippen LogP contribution in [0.1, 0.15) is 46.7 Å². The largest absolute Gasteiger partial charge is 0.454 e. The molecular formula is C22H19N3O5S. The standard InChI is InChI=1S/C22H19N3O5S/c1-22(2)7-14-12(16(26)8-22)6-13(19(27)23-14)20(28)25-21-24-15(9-31-21)11-3-4-17-18(5-11)30-10-29-17/h3-6,9H,7-8,10H2,1-2H3,(H,23,27)(H,24,25,28). The molecule has 1 amide bonds. The van der Waals surface area contributed by atoms with Crippen molar-refractivity contribution in [1.29, 1.82) is 0 Å². The summed E-state index contributed by atoms with van der Waals surface area (Å²) in [6.07, 6.45) is 0.953. The van der Waals surface area contributed by atoms with E-state index in [-0.39, 0.29) is 23.6 Å². The van der Waals surface area contributed by atoms with Gasteiger partial charge in [-0.1, -0.05) is 13.8 Å². The summed E-state index contributed by atoms with van der Waals surface area (Å²) >= 11 is 1.24. The van der Waals surface area contributed by atoms with Crippen LogP contribution in [0.25, 0.3) is 11.3 Å². The van der Waals surface area contributed by atoms with E-state index in [0.717, 1.165) is 5.56 Å². The molecule has 1 aliphatic carbocycles. The third kappa shape index (κ3) is 3.61. The highest BCUT2D eigenvalue weighted by Gasteiger charge is 2.32. The van der Waals surface area contributed by atoms with Crippen LogP contribution in [0, 0.1) is 5.41 Å². The number of Topliss-reactive ketones (excluding diaryl/α,β-unsaturated/α-hetero) is 1. The number of thiazole rings is 1. The van der Waals surface area contributed by atoms with Crippen molar-refractivity contribution < 1.29 is 19.1 Å². The molecule has 0 radical (unpaired) electrons. The maximum Gasteiger partial charge on any atom is 0.263 e. The Morgan fingerprint density at radius 1 is 1.16 bits per heavy atom. The second kappa shape index (κ2) is 7.05. The molecule has 0 saturated heterocycles. The lowest BCUT2D eigenvalue weighted by molar-refractivity contribution is 0.0910. The number of hydrogen-bond donors (Lipinski definition) is 2. The van der Waals surface area contributed by atoms with Gasteiger partial charge >= 0.3 is 0 Å². The summed E-state index contributed by atoms with van der Waals surface area (Å²) in [4.78, 5) is 44.9. The predicted molar refractivity (Wildman–Crippen MR) is 115 cm³/mol. The van der Waals surface area contributed by atoms with Crippen molar-refractivity contribution in [2.24, 2.45) is 5.41 Å². The Morgan fingerprint density at radius 2 is 1.97 bits per heavy atom. The normalized spacial score (nSPS) is 16.1. The van der Waals surface area contributed by atoms with Gasteiger partial charge in [0.05, 0.1) is 5.69 Å². The van der Waals surface area contributed by atoms with Gasteiger partial charge in [-0.2, -0.15) is 0 Å². The van der Waals surface area contributed by atoms with E-state index in [1.54, 1.807) is 11.4 Å². The first kappa shape index (κ1) is 19.5. The van der Waals surface area contributed by atoms with Crippen LogP contribution in [-0.2, 0) is 6.42 Å². The lowest BCUT2D eigenvalue weighted by Crippen LogP contribution is -2.32. The van der Waals surface area contributed by atoms with Gasteiger partial charge in [0.25, 0.3) is 11.5 Å². The summed E-state index contributed by atoms with van der Waals surface area (Å²) in [6.45, 7) is 4.15. The fourth-order valence-corrected chi connectivity index (χ4v) is 4.60. The van der Waals surface area contributed by atoms with E-state index in [1.807, 2.05) is 26.0 Å². The molecule has 0 atom stereocenters. The number of anilines is 1. The first-order valence-electron chi connectivity index (χ1n) is 9.75. The predicted octanol–water partition coefficient (Wildman–Crippen LogP) is 3.63. The topological polar surface area (TPSA) is 110 Å². The van der Waals surface area contributed by atoms with Crippen LogP contribution in [0.3, 0.4) is 0 Å². The van der Waals surface area contributed by atoms with E-state index in [9.17, 15) is 14.4 Å². The van der Waals surface area contributed by atoms with Crippen LogP contribution in [0.5, 0.6) is 11.5 Å². The molecule has 3 heterocycles. The lowest BCUT2D eigenvalue weighted by atomic mass is 9.75. The highest BCUT2D eigenvalue weighted by atomic mass is 32.1. The van der Waals surface area contributed by atoms with E-state index in [0.29, 0.717) is 46.4 Å². The zero-order chi connectivity index (χ0) is 21.8. The minimum atomic E-state index is -0.603. The van der Waals surface area contributed by atoms with Gasteiger partial charge in [-0.25, -0.2) is 4.98 Å². The van der Waals surface area contributed by atoms with Crippen molar-refractivity contribution in [3.05, 3.63) is 56.8 Å². The molecular weight excluding hydrogens is 418 g/mol. The van der Waals surface area contributed by atoms with Crippen LogP contribution in [-0.4, -0.2) is 28.5 Å². The molecule has 31 heavy (non-hydrogen) atoms. The number of nitrogens with one attached hydrogen (secondary N) is 2. The molecule has 8 nitrogen and oxygen atoms in total. The number of benzene rings is 1. The Bertz CT molecular complexity index is 1290. The quantitative estimate of drug-likeness (QED) is 0.647. The number of fused-ring (bicyclic) bond motifs is 2. The monoisotopic (exact) mass is 437 g/mol. The summed E-state index contributed by atoms with van der Waals surface area (Å²) in [5, 5.41) is 4.81. The summed E-state index contributed by atoms with van der Waals surface area (Å²) in [5.74, 6) is 0.644. The molecule has 9 heteroatoms. The third-order valence-corrected chi connectivity index (χ3v) is 6.11. The number of hydrogen-bond acceptors (Lipinski definition) is 7. The average molecular weight is 437 g/mol. The first-order valence-corrected chi connectivity index (χ1v) is 10.6. The van der Waals surface area contributed by atoms with Gasteiger partial charge in [-0.15, -0.1) is 11.3 Å². The fraction of sp³-hybridized carbons (Fsp3) is 0.273. The summed E-state index contributed by atoms with van der Waals surface area (Å²) in [7, 11) is 0. The molecule has 2 aromatic heterocycles. The van der Waals surface area contributed by atoms with Gasteiger partial charge in [0.1, 0.15) is 5.56 Å². The van der Waals surface area contributed by atoms with Gasteiger partial charge in [-0.05, 0) is 36.1 Å². The minimum absolute atomic E-state index is 0.0732. The van der Waals surface area contributed by atoms with Crippen molar-refractivity contribution in [2.75, 3.05) is 12.1 Å². The smallest absolute Gasteiger partial charge is 0.263 e. The van der Waals surface area contributed by atoms with Crippen molar-refractivity contribution >= 4 is 28.2 Å². The fourth-order valence-electron chi connectivity index (χ4n) is 3.88. The van der Waals surface area contributed by atoms with Crippen molar-refractivity contribution in [3.63, 3.8) is 0 Å². The van der Waals surface area contributed by atoms with E-state index in [2.05, 4.69) is 15.3 Å². The number of nitrogens with zero attached hydrogens (tertiary/aromatic N) is 1. The molecule has 3 aromatic rings. The maximum atomic E-state index is 12.7. The van der Waals surface area contributed by atoms with Gasteiger partial charge in [0, 0.05) is 28.6 Å². The third-order valence-electron chi connectivity index (χ3n) is 5.36. The van der Waals surface area contributed by atoms with Crippen molar-refractivity contribution in [2.45, 2.75) is 26.7 Å². The maximum absolute atomic E-state index is 12.7. The highest BCUT2D eigenvalue weighted by molar-refractivity contribution is 7.14. The molecule has 0 unspecified atom stereocenters. The number of aromatic amines is 1. The van der Waals surface area contributed by atoms with Crippen LogP contribution in [0.2, 0.25) is 0 Å². The number of rotatable bonds is 3. The zero-order valence-corrected chi connectivity index (χ0v) is 17.7. The summed E-state index contributed by atoms with van der Waals surface area (Å²) < 4.78 is 10.7. The Kier molecular flexibility index (Phi) is 4.44. The van der Waals surface area contributed by atoms with Gasteiger partial charge in [0.2, 0.25) is 6.79 Å². The van der Waals surface area contributed by atoms with Gasteiger partial charge in [-0.3, -0.25) is 19.7 Å². The zero-order valence-electron chi connectivity index (χ0n) is 16.9. The molecule has 0 spiro atoms. The van der Waals surface area contributed by atoms with Crippen LogP contribution in [0.4, 0.5) is 5.13 Å². The molecule has 158 valence electrons. The Labute approximate surface area is 181 Å². The number of carbonyl (C=O) groups excluding carboxylic acids is 2. The van der Waals surface area contributed by atoms with Crippen molar-refractivity contribution in [3.8, 4) is 22.8 Å². The average Bonchev–Trinajstić information content (AvgIpc) is 3.35. The molecule has 0 fully saturated rings. The summed E-state index contributed by atoms with van der Waals surface area (Å²) in [5.41, 5.74) is 1.63. The number of ether oxygens (including phenoxy) is 2. The summed E-state index contributed by atoms with van der Waals surface area (Å²) in [6, 6.07) is 6.88. The number of amides is 1. The van der Waals surface area contributed by atoms with E-state index < -0.39 is 11.5 Å². The molecule has 2 N–H and O–H groups in total. The molecule has 1 aromatic carbocycles. The van der Waals surface area contributed by atoms with Crippen LogP contribution in [0.15, 0.2) is 34.4 Å². The molecule has 2 aliphatic rings. The van der Waals surface area contributed by atoms with Crippen LogP contribution < -0.4 is 20.3 Å². The number of H-pyrrole nitrogens is 1. The second-order valence-electron chi connectivity index (χ2n) is 8.41. The molecule has 0 bridgehead atoms. The minimum Gasteiger partial charge on any atom is -0.454 e. The Hall–Kier alpha value is -3.46. The van der Waals surface area contributed by atoms with Gasteiger partial charge < -0.3 is 14.5 Å². The number of pyridine rings is 1. The van der Waals surface area contributed by atoms with Crippen LogP contribution >= 0.6 is 11.3 Å². The van der Waals surface area contributed by atoms with E-state index >= 15 is 0 Å². The van der Waals surface area contributed by atoms with Gasteiger partial charge in [0.15, 0.2) is 22.4 Å². The number of aromatic nitrogens is 2. The van der Waals surface area contributed by atoms with E-state index in [1.165, 1.54) is 17.4 Å². The first-order chi connectivity index (χ1) is 14.8. The SMILES string of the molecule is CC1(C)CC(=O)c2cc(C(=O)Nc3nc(-c4ccc5c(c4)OCO5)cs3)c(=O)[nH]c2C1. The molecule has 5 rings (SSSR count). The molecule has 1 aliphatic heterocycles. The molecule has 0 saturated carbocycles. The number of carbonyl (C=O) groups is 2. The van der Waals surface area contributed by atoms with E-state index in [4.69, 9.17) is 9.47 Å². The highest BCUT2D eigenvalue weighted by Crippen LogP contribution is 2.37.